The van der Waals surface area contributed by atoms with Crippen LogP contribution in [0.4, 0.5) is 5.82 Å². The number of hydrogen-bond donors (Lipinski definition) is 5. The SMILES string of the molecule is O=c1nc(NO)ccn1[C@H]1CC[C@@H](COP(=O)(O)OP(=O)(O)O)O1. The van der Waals surface area contributed by atoms with E-state index in [1.165, 1.54) is 12.3 Å². The second-order valence-electron chi connectivity index (χ2n) is 4.74. The van der Waals surface area contributed by atoms with Crippen LogP contribution in [0.5, 0.6) is 0 Å². The van der Waals surface area contributed by atoms with E-state index < -0.39 is 40.3 Å². The summed E-state index contributed by atoms with van der Waals surface area (Å²) in [6.07, 6.45) is 0.671. The summed E-state index contributed by atoms with van der Waals surface area (Å²) >= 11 is 0. The maximum Gasteiger partial charge on any atom is 0.481 e. The van der Waals surface area contributed by atoms with Gasteiger partial charge in [0.15, 0.2) is 5.82 Å². The van der Waals surface area contributed by atoms with E-state index in [0.717, 1.165) is 4.57 Å². The van der Waals surface area contributed by atoms with E-state index in [1.807, 2.05) is 0 Å². The summed E-state index contributed by atoms with van der Waals surface area (Å²) in [6.45, 7) is -0.470. The van der Waals surface area contributed by atoms with Gasteiger partial charge in [-0.2, -0.15) is 9.29 Å². The maximum atomic E-state index is 11.8. The predicted molar refractivity (Wildman–Crippen MR) is 76.0 cm³/mol. The predicted octanol–water partition coefficient (Wildman–Crippen LogP) is -0.0517. The van der Waals surface area contributed by atoms with Crippen LogP contribution in [0.2, 0.25) is 0 Å². The summed E-state index contributed by atoms with van der Waals surface area (Å²) < 4.78 is 36.6. The van der Waals surface area contributed by atoms with Gasteiger partial charge in [-0.15, -0.1) is 0 Å². The summed E-state index contributed by atoms with van der Waals surface area (Å²) in [4.78, 5) is 41.4. The number of aromatic nitrogens is 2. The van der Waals surface area contributed by atoms with Gasteiger partial charge in [0.1, 0.15) is 6.23 Å². The van der Waals surface area contributed by atoms with Crippen molar-refractivity contribution in [3.63, 3.8) is 0 Å². The van der Waals surface area contributed by atoms with E-state index in [-0.39, 0.29) is 5.82 Å². The second-order valence-corrected chi connectivity index (χ2v) is 7.57. The topological polar surface area (TPSA) is 190 Å². The first-order chi connectivity index (χ1) is 11.1. The Kier molecular flexibility index (Phi) is 5.91. The van der Waals surface area contributed by atoms with Crippen LogP contribution in [0.1, 0.15) is 19.1 Å². The number of ether oxygens (including phenoxy) is 1. The van der Waals surface area contributed by atoms with E-state index >= 15 is 0 Å². The zero-order valence-electron chi connectivity index (χ0n) is 12.0. The standard InChI is InChI=1S/C9H15N3O10P2/c13-9-10-7(11-14)3-4-12(9)8-2-1-6(21-8)5-20-24(18,19)22-23(15,16)17/h3-4,6,8,14H,1-2,5H2,(H,18,19)(H,10,11,13)(H2,15,16,17)/t6-,8+/m0/s1. The molecule has 1 aromatic heterocycles. The zero-order valence-corrected chi connectivity index (χ0v) is 13.7. The van der Waals surface area contributed by atoms with E-state index in [4.69, 9.17) is 24.6 Å². The first-order valence-corrected chi connectivity index (χ1v) is 9.51. The highest BCUT2D eigenvalue weighted by Gasteiger charge is 2.35. The number of rotatable bonds is 7. The van der Waals surface area contributed by atoms with Crippen molar-refractivity contribution < 1.29 is 42.6 Å². The molecule has 1 unspecified atom stereocenters. The lowest BCUT2D eigenvalue weighted by Gasteiger charge is -2.17. The molecule has 0 saturated carbocycles. The van der Waals surface area contributed by atoms with Gasteiger partial charge in [-0.3, -0.25) is 19.8 Å². The zero-order chi connectivity index (χ0) is 18.0. The average molecular weight is 387 g/mol. The molecule has 136 valence electrons. The molecule has 0 bridgehead atoms. The molecule has 13 nitrogen and oxygen atoms in total. The third-order valence-electron chi connectivity index (χ3n) is 2.97. The molecule has 0 amide bonds. The van der Waals surface area contributed by atoms with Crippen molar-refractivity contribution in [2.75, 3.05) is 12.1 Å². The Morgan fingerprint density at radius 1 is 1.38 bits per heavy atom. The number of phosphoric ester groups is 1. The molecule has 0 aliphatic carbocycles. The van der Waals surface area contributed by atoms with Crippen LogP contribution in [0, 0.1) is 0 Å². The normalized spacial score (nSPS) is 23.8. The van der Waals surface area contributed by atoms with Crippen LogP contribution >= 0.6 is 15.6 Å². The van der Waals surface area contributed by atoms with Gasteiger partial charge in [-0.25, -0.2) is 13.9 Å². The highest BCUT2D eigenvalue weighted by atomic mass is 31.3. The summed E-state index contributed by atoms with van der Waals surface area (Å²) in [5.41, 5.74) is 1.05. The van der Waals surface area contributed by atoms with E-state index in [0.29, 0.717) is 12.8 Å². The van der Waals surface area contributed by atoms with Crippen LogP contribution < -0.4 is 11.2 Å². The smallest absolute Gasteiger partial charge is 0.352 e. The Balaban J connectivity index is 1.93. The van der Waals surface area contributed by atoms with Crippen LogP contribution in [-0.2, 0) is 22.7 Å². The molecule has 24 heavy (non-hydrogen) atoms. The average Bonchev–Trinajstić information content (AvgIpc) is 2.91. The van der Waals surface area contributed by atoms with E-state index in [9.17, 15) is 13.9 Å². The van der Waals surface area contributed by atoms with Gasteiger partial charge in [0.25, 0.3) is 0 Å². The van der Waals surface area contributed by atoms with Crippen molar-refractivity contribution in [2.45, 2.75) is 25.2 Å². The molecule has 3 atom stereocenters. The van der Waals surface area contributed by atoms with Gasteiger partial charge in [0.2, 0.25) is 0 Å². The number of phosphoric acid groups is 2. The van der Waals surface area contributed by atoms with Gasteiger partial charge < -0.3 is 19.4 Å². The van der Waals surface area contributed by atoms with Crippen molar-refractivity contribution in [3.05, 3.63) is 22.7 Å². The van der Waals surface area contributed by atoms with E-state index in [1.54, 1.807) is 5.48 Å². The lowest BCUT2D eigenvalue weighted by Crippen LogP contribution is -2.27. The van der Waals surface area contributed by atoms with Gasteiger partial charge >= 0.3 is 21.3 Å². The Hall–Kier alpha value is -1.14. The van der Waals surface area contributed by atoms with Gasteiger partial charge in [0, 0.05) is 6.20 Å². The highest BCUT2D eigenvalue weighted by Crippen LogP contribution is 2.57. The molecule has 0 spiro atoms. The fourth-order valence-corrected chi connectivity index (χ4v) is 3.66. The first kappa shape index (κ1) is 19.2. The summed E-state index contributed by atoms with van der Waals surface area (Å²) in [5.74, 6) is -0.0371. The van der Waals surface area contributed by atoms with Gasteiger partial charge in [0.05, 0.1) is 12.7 Å². The minimum atomic E-state index is -5.18. The molecule has 1 saturated heterocycles. The molecule has 2 heterocycles. The molecular weight excluding hydrogens is 372 g/mol. The van der Waals surface area contributed by atoms with Crippen LogP contribution in [0.3, 0.4) is 0 Å². The summed E-state index contributed by atoms with van der Waals surface area (Å²) in [7, 11) is -10.1. The molecule has 1 aliphatic rings. The summed E-state index contributed by atoms with van der Waals surface area (Å²) in [5, 5.41) is 8.66. The molecule has 0 aromatic carbocycles. The number of nitrogens with zero attached hydrogens (tertiary/aromatic N) is 2. The lowest BCUT2D eigenvalue weighted by molar-refractivity contribution is -0.0242. The third-order valence-corrected chi connectivity index (χ3v) is 5.12. The minimum absolute atomic E-state index is 0.0371. The Labute approximate surface area is 134 Å². The molecule has 1 aromatic rings. The monoisotopic (exact) mass is 387 g/mol. The summed E-state index contributed by atoms with van der Waals surface area (Å²) in [6, 6.07) is 1.34. The Bertz CT molecular complexity index is 733. The van der Waals surface area contributed by atoms with E-state index in [2.05, 4.69) is 13.8 Å². The van der Waals surface area contributed by atoms with Crippen molar-refractivity contribution in [1.82, 2.24) is 9.55 Å². The molecule has 1 aliphatic heterocycles. The molecule has 1 fully saturated rings. The third kappa shape index (κ3) is 5.45. The molecule has 5 N–H and O–H groups in total. The molecule has 0 radical (unpaired) electrons. The van der Waals surface area contributed by atoms with Gasteiger partial charge in [-0.1, -0.05) is 0 Å². The van der Waals surface area contributed by atoms with Crippen LogP contribution in [0.25, 0.3) is 0 Å². The van der Waals surface area contributed by atoms with Crippen molar-refractivity contribution in [2.24, 2.45) is 0 Å². The van der Waals surface area contributed by atoms with Crippen molar-refractivity contribution >= 4 is 21.5 Å². The maximum absolute atomic E-state index is 11.8. The lowest BCUT2D eigenvalue weighted by atomic mass is 10.2. The highest BCUT2D eigenvalue weighted by molar-refractivity contribution is 7.60. The first-order valence-electron chi connectivity index (χ1n) is 6.48. The number of nitrogens with one attached hydrogen (secondary N) is 1. The largest absolute Gasteiger partial charge is 0.481 e. The quantitative estimate of drug-likeness (QED) is 0.310. The fourth-order valence-electron chi connectivity index (χ4n) is 2.04. The molecule has 2 rings (SSSR count). The second kappa shape index (κ2) is 7.40. The molecular formula is C9H15N3O10P2. The van der Waals surface area contributed by atoms with Crippen LogP contribution in [-0.4, -0.2) is 42.1 Å². The van der Waals surface area contributed by atoms with Crippen LogP contribution in [0.15, 0.2) is 17.1 Å². The van der Waals surface area contributed by atoms with Gasteiger partial charge in [-0.05, 0) is 18.9 Å². The fraction of sp³-hybridized carbons (Fsp3) is 0.556. The van der Waals surface area contributed by atoms with Crippen molar-refractivity contribution in [1.29, 1.82) is 0 Å². The Morgan fingerprint density at radius 2 is 2.08 bits per heavy atom. The number of anilines is 1. The minimum Gasteiger partial charge on any atom is -0.352 e. The number of hydrogen-bond acceptors (Lipinski definition) is 9. The van der Waals surface area contributed by atoms with Crippen molar-refractivity contribution in [3.8, 4) is 0 Å². The molecule has 15 heteroatoms. The Morgan fingerprint density at radius 3 is 2.67 bits per heavy atom.